The lowest BCUT2D eigenvalue weighted by molar-refractivity contribution is 0.0711. The average molecular weight is 443 g/mol. The van der Waals surface area contributed by atoms with Gasteiger partial charge in [-0.2, -0.15) is 0 Å². The molecule has 0 aromatic heterocycles. The van der Waals surface area contributed by atoms with Crippen molar-refractivity contribution in [3.8, 4) is 0 Å². The van der Waals surface area contributed by atoms with Crippen LogP contribution in [0.1, 0.15) is 27.2 Å². The van der Waals surface area contributed by atoms with Crippen LogP contribution in [-0.2, 0) is 13.3 Å². The van der Waals surface area contributed by atoms with Crippen LogP contribution < -0.4 is 0 Å². The van der Waals surface area contributed by atoms with E-state index in [0.29, 0.717) is 19.8 Å². The summed E-state index contributed by atoms with van der Waals surface area (Å²) in [6, 6.07) is 0.768. The SMILES string of the molecule is CCO[Si](CCC(Br)(Br)Br)(OCC)OCC. The van der Waals surface area contributed by atoms with E-state index in [1.165, 1.54) is 0 Å². The molecule has 0 unspecified atom stereocenters. The van der Waals surface area contributed by atoms with Crippen LogP contribution in [0.3, 0.4) is 0 Å². The molecule has 7 heteroatoms. The molecule has 0 aromatic rings. The molecule has 0 radical (unpaired) electrons. The standard InChI is InChI=1S/C9H19Br3O3Si/c1-4-13-16(14-5-2,15-6-3)8-7-9(10,11)12/h4-8H2,1-3H3. The Morgan fingerprint density at radius 3 is 1.50 bits per heavy atom. The third-order valence-electron chi connectivity index (χ3n) is 1.81. The van der Waals surface area contributed by atoms with Crippen LogP contribution in [0.4, 0.5) is 0 Å². The van der Waals surface area contributed by atoms with Gasteiger partial charge in [0.05, 0.1) is 0 Å². The second kappa shape index (κ2) is 8.61. The van der Waals surface area contributed by atoms with E-state index in [0.717, 1.165) is 12.5 Å². The van der Waals surface area contributed by atoms with Crippen molar-refractivity contribution in [1.82, 2.24) is 0 Å². The Hall–Kier alpha value is 1.54. The Morgan fingerprint density at radius 2 is 1.25 bits per heavy atom. The Morgan fingerprint density at radius 1 is 0.875 bits per heavy atom. The summed E-state index contributed by atoms with van der Waals surface area (Å²) in [6.45, 7) is 7.74. The van der Waals surface area contributed by atoms with Gasteiger partial charge in [0.15, 0.2) is 0 Å². The van der Waals surface area contributed by atoms with Crippen LogP contribution in [0.5, 0.6) is 0 Å². The molecule has 3 nitrogen and oxygen atoms in total. The van der Waals surface area contributed by atoms with Crippen LogP contribution in [0, 0.1) is 0 Å². The summed E-state index contributed by atoms with van der Waals surface area (Å²) in [7, 11) is -2.50. The van der Waals surface area contributed by atoms with Crippen molar-refractivity contribution < 1.29 is 13.3 Å². The third kappa shape index (κ3) is 7.78. The van der Waals surface area contributed by atoms with Crippen molar-refractivity contribution in [3.63, 3.8) is 0 Å². The minimum absolute atomic E-state index is 0.267. The van der Waals surface area contributed by atoms with E-state index in [-0.39, 0.29) is 2.14 Å². The van der Waals surface area contributed by atoms with Gasteiger partial charge in [-0.05, 0) is 27.2 Å². The highest BCUT2D eigenvalue weighted by Crippen LogP contribution is 2.40. The van der Waals surface area contributed by atoms with E-state index in [4.69, 9.17) is 13.3 Å². The minimum atomic E-state index is -2.50. The van der Waals surface area contributed by atoms with Gasteiger partial charge in [-0.25, -0.2) is 0 Å². The third-order valence-corrected chi connectivity index (χ3v) is 6.04. The maximum Gasteiger partial charge on any atom is 0.501 e. The van der Waals surface area contributed by atoms with Gasteiger partial charge in [0.2, 0.25) is 0 Å². The van der Waals surface area contributed by atoms with E-state index >= 15 is 0 Å². The monoisotopic (exact) mass is 440 g/mol. The van der Waals surface area contributed by atoms with Gasteiger partial charge < -0.3 is 13.3 Å². The molecule has 0 saturated carbocycles. The predicted molar refractivity (Wildman–Crippen MR) is 79.6 cm³/mol. The fraction of sp³-hybridized carbons (Fsp3) is 1.00. The topological polar surface area (TPSA) is 27.7 Å². The molecule has 0 aliphatic heterocycles. The second-order valence-corrected chi connectivity index (χ2v) is 13.1. The summed E-state index contributed by atoms with van der Waals surface area (Å²) in [5, 5.41) is 0. The Bertz CT molecular complexity index is 170. The highest BCUT2D eigenvalue weighted by molar-refractivity contribution is 9.39. The van der Waals surface area contributed by atoms with Crippen LogP contribution in [-0.4, -0.2) is 30.8 Å². The molecule has 98 valence electrons. The summed E-state index contributed by atoms with van der Waals surface area (Å²) in [5.74, 6) is 0. The molecule has 0 bridgehead atoms. The summed E-state index contributed by atoms with van der Waals surface area (Å²) in [6.07, 6.45) is 0.819. The van der Waals surface area contributed by atoms with E-state index < -0.39 is 8.80 Å². The van der Waals surface area contributed by atoms with Crippen molar-refractivity contribution in [2.24, 2.45) is 0 Å². The zero-order chi connectivity index (χ0) is 12.7. The lowest BCUT2D eigenvalue weighted by Crippen LogP contribution is -2.46. The van der Waals surface area contributed by atoms with E-state index in [1.807, 2.05) is 20.8 Å². The van der Waals surface area contributed by atoms with Gasteiger partial charge in [-0.3, -0.25) is 0 Å². The number of hydrogen-bond acceptors (Lipinski definition) is 3. The van der Waals surface area contributed by atoms with Gasteiger partial charge in [-0.1, -0.05) is 47.8 Å². The van der Waals surface area contributed by atoms with E-state index in [2.05, 4.69) is 47.8 Å². The fourth-order valence-electron chi connectivity index (χ4n) is 1.30. The number of alkyl halides is 3. The Labute approximate surface area is 124 Å². The summed E-state index contributed by atoms with van der Waals surface area (Å²) in [4.78, 5) is 0. The first-order chi connectivity index (χ1) is 7.39. The highest BCUT2D eigenvalue weighted by atomic mass is 80.0. The van der Waals surface area contributed by atoms with Gasteiger partial charge in [0, 0.05) is 25.9 Å². The molecule has 0 heterocycles. The maximum atomic E-state index is 5.74. The largest absolute Gasteiger partial charge is 0.501 e. The normalized spacial score (nSPS) is 13.1. The van der Waals surface area contributed by atoms with Gasteiger partial charge in [0.25, 0.3) is 0 Å². The average Bonchev–Trinajstić information content (AvgIpc) is 2.15. The Balaban J connectivity index is 4.46. The van der Waals surface area contributed by atoms with Gasteiger partial charge >= 0.3 is 8.80 Å². The molecule has 0 rings (SSSR count). The van der Waals surface area contributed by atoms with Crippen molar-refractivity contribution >= 4 is 56.6 Å². The summed E-state index contributed by atoms with van der Waals surface area (Å²) in [5.41, 5.74) is 0. The quantitative estimate of drug-likeness (QED) is 0.415. The lowest BCUT2D eigenvalue weighted by Gasteiger charge is -2.29. The van der Waals surface area contributed by atoms with Gasteiger partial charge in [0.1, 0.15) is 2.14 Å². The lowest BCUT2D eigenvalue weighted by atomic mass is 10.6. The molecule has 0 aromatic carbocycles. The van der Waals surface area contributed by atoms with Gasteiger partial charge in [-0.15, -0.1) is 0 Å². The van der Waals surface area contributed by atoms with Crippen molar-refractivity contribution in [3.05, 3.63) is 0 Å². The first kappa shape index (κ1) is 17.5. The maximum absolute atomic E-state index is 5.74. The van der Waals surface area contributed by atoms with Crippen molar-refractivity contribution in [1.29, 1.82) is 0 Å². The zero-order valence-electron chi connectivity index (χ0n) is 9.89. The van der Waals surface area contributed by atoms with Crippen LogP contribution >= 0.6 is 47.8 Å². The van der Waals surface area contributed by atoms with Crippen LogP contribution in [0.25, 0.3) is 0 Å². The van der Waals surface area contributed by atoms with Crippen LogP contribution in [0.2, 0.25) is 6.04 Å². The van der Waals surface area contributed by atoms with E-state index in [9.17, 15) is 0 Å². The smallest absolute Gasteiger partial charge is 0.374 e. The highest BCUT2D eigenvalue weighted by Gasteiger charge is 2.41. The molecule has 0 spiro atoms. The molecule has 0 N–H and O–H groups in total. The second-order valence-electron chi connectivity index (χ2n) is 3.10. The van der Waals surface area contributed by atoms with Crippen molar-refractivity contribution in [2.45, 2.75) is 35.4 Å². The number of halogens is 3. The van der Waals surface area contributed by atoms with E-state index in [1.54, 1.807) is 0 Å². The molecular formula is C9H19Br3O3Si. The summed E-state index contributed by atoms with van der Waals surface area (Å²) < 4.78 is 16.9. The zero-order valence-corrected chi connectivity index (χ0v) is 15.7. The molecular weight excluding hydrogens is 424 g/mol. The fourth-order valence-corrected chi connectivity index (χ4v) is 5.67. The first-order valence-corrected chi connectivity index (χ1v) is 9.68. The molecule has 0 atom stereocenters. The number of rotatable bonds is 8. The summed E-state index contributed by atoms with van der Waals surface area (Å²) >= 11 is 10.4. The molecule has 0 aliphatic rings. The van der Waals surface area contributed by atoms with Crippen molar-refractivity contribution in [2.75, 3.05) is 19.8 Å². The molecule has 0 saturated heterocycles. The molecule has 16 heavy (non-hydrogen) atoms. The predicted octanol–water partition coefficient (Wildman–Crippen LogP) is 4.26. The number of hydrogen-bond donors (Lipinski definition) is 0. The molecule has 0 amide bonds. The molecule has 0 aliphatic carbocycles. The molecule has 0 fully saturated rings. The Kier molecular flexibility index (Phi) is 9.43. The van der Waals surface area contributed by atoms with Crippen LogP contribution in [0.15, 0.2) is 0 Å². The first-order valence-electron chi connectivity index (χ1n) is 5.37. The minimum Gasteiger partial charge on any atom is -0.374 e.